The van der Waals surface area contributed by atoms with Gasteiger partial charge in [-0.05, 0) is 31.6 Å². The van der Waals surface area contributed by atoms with E-state index < -0.39 is 97.5 Å². The van der Waals surface area contributed by atoms with Crippen molar-refractivity contribution in [3.05, 3.63) is 0 Å². The Morgan fingerprint density at radius 1 is 0.276 bits per heavy atom. The Morgan fingerprint density at radius 2 is 0.469 bits per heavy atom. The van der Waals surface area contributed by atoms with E-state index in [0.717, 1.165) is 95.8 Å². The van der Waals surface area contributed by atoms with E-state index >= 15 is 0 Å². The topological polar surface area (TPSA) is 237 Å². The highest BCUT2D eigenvalue weighted by atomic mass is 31.2. The predicted octanol–water partition coefficient (Wildman–Crippen LogP) is 23.6. The lowest BCUT2D eigenvalue weighted by atomic mass is 10.0. The third kappa shape index (κ3) is 72.4. The van der Waals surface area contributed by atoms with E-state index in [0.29, 0.717) is 25.7 Å². The highest BCUT2D eigenvalue weighted by molar-refractivity contribution is 7.47. The number of aliphatic hydroxyl groups excluding tert-OH is 1. The molecule has 0 heterocycles. The molecule has 582 valence electrons. The van der Waals surface area contributed by atoms with Crippen molar-refractivity contribution in [2.45, 2.75) is 438 Å². The minimum atomic E-state index is -4.96. The number of carbonyl (C=O) groups is 4. The molecule has 0 spiro atoms. The van der Waals surface area contributed by atoms with Gasteiger partial charge in [-0.15, -0.1) is 0 Å². The van der Waals surface area contributed by atoms with Crippen LogP contribution in [0.25, 0.3) is 0 Å². The summed E-state index contributed by atoms with van der Waals surface area (Å²) in [6, 6.07) is 0. The number of rotatable bonds is 79. The van der Waals surface area contributed by atoms with Gasteiger partial charge in [-0.2, -0.15) is 0 Å². The van der Waals surface area contributed by atoms with Crippen molar-refractivity contribution in [1.29, 1.82) is 0 Å². The first-order chi connectivity index (χ1) is 47.5. The Hall–Kier alpha value is -1.94. The Morgan fingerprint density at radius 3 is 0.694 bits per heavy atom. The molecule has 0 aromatic rings. The maximum Gasteiger partial charge on any atom is 0.472 e. The van der Waals surface area contributed by atoms with E-state index in [9.17, 15) is 43.2 Å². The van der Waals surface area contributed by atoms with Crippen LogP contribution in [0.15, 0.2) is 0 Å². The van der Waals surface area contributed by atoms with Gasteiger partial charge >= 0.3 is 39.5 Å². The van der Waals surface area contributed by atoms with Gasteiger partial charge in [0.2, 0.25) is 0 Å². The number of hydrogen-bond acceptors (Lipinski definition) is 15. The van der Waals surface area contributed by atoms with Crippen molar-refractivity contribution in [3.63, 3.8) is 0 Å². The van der Waals surface area contributed by atoms with Gasteiger partial charge in [0.25, 0.3) is 0 Å². The summed E-state index contributed by atoms with van der Waals surface area (Å²) in [5.74, 6) is -1.29. The molecule has 0 fully saturated rings. The van der Waals surface area contributed by atoms with Crippen LogP contribution in [0, 0.1) is 5.92 Å². The summed E-state index contributed by atoms with van der Waals surface area (Å²) in [6.45, 7) is 7.32. The van der Waals surface area contributed by atoms with Gasteiger partial charge in [-0.3, -0.25) is 37.3 Å². The van der Waals surface area contributed by atoms with Gasteiger partial charge in [0.05, 0.1) is 26.4 Å². The molecule has 0 amide bonds. The number of unbranched alkanes of at least 4 members (excludes halogenated alkanes) is 51. The number of phosphoric ester groups is 2. The Balaban J connectivity index is 5.17. The molecule has 3 N–H and O–H groups in total. The fraction of sp³-hybridized carbons (Fsp3) is 0.949. The van der Waals surface area contributed by atoms with E-state index in [1.165, 1.54) is 244 Å². The van der Waals surface area contributed by atoms with E-state index in [-0.39, 0.29) is 25.7 Å². The SMILES string of the molecule is CCCCCCCCCCCCCCCCCCCCC(=O)OC[C@H](COP(=O)(O)OC[C@@H](O)COP(=O)(O)OC[C@@H](COC(=O)CCCCCCCCCCC)OC(=O)CCCCCCCCCCCC)OC(=O)CCCCCCCCCCCCCCCCCCCCC(C)C. The standard InChI is InChI=1S/C79H154O17P2/c1-6-9-12-15-18-21-23-24-25-26-30-33-36-39-44-48-53-58-63-77(82)90-69-75(96-79(84)65-60-55-50-45-40-37-34-31-28-27-29-32-35-38-42-46-51-56-61-72(4)5)71-94-98(87,88)92-67-73(80)66-91-97(85,86)93-70-74(68-89-76(81)62-57-52-47-41-20-17-14-11-8-3)95-78(83)64-59-54-49-43-22-19-16-13-10-7-2/h72-75,80H,6-71H2,1-5H3,(H,85,86)(H,87,88)/t73-,74+,75+/m0/s1. The normalized spacial score (nSPS) is 13.9. The van der Waals surface area contributed by atoms with Gasteiger partial charge in [-0.25, -0.2) is 9.13 Å². The summed E-state index contributed by atoms with van der Waals surface area (Å²) < 4.78 is 68.5. The van der Waals surface area contributed by atoms with Crippen molar-refractivity contribution in [2.24, 2.45) is 5.92 Å². The van der Waals surface area contributed by atoms with Crippen LogP contribution in [-0.2, 0) is 65.4 Å². The van der Waals surface area contributed by atoms with Crippen LogP contribution < -0.4 is 0 Å². The van der Waals surface area contributed by atoms with Crippen LogP contribution in [0.3, 0.4) is 0 Å². The van der Waals surface area contributed by atoms with Crippen molar-refractivity contribution in [2.75, 3.05) is 39.6 Å². The minimum absolute atomic E-state index is 0.107. The summed E-state index contributed by atoms with van der Waals surface area (Å²) in [5, 5.41) is 10.6. The predicted molar refractivity (Wildman–Crippen MR) is 400 cm³/mol. The van der Waals surface area contributed by atoms with Gasteiger partial charge < -0.3 is 33.8 Å². The van der Waals surface area contributed by atoms with Gasteiger partial charge in [-0.1, -0.05) is 369 Å². The largest absolute Gasteiger partial charge is 0.472 e. The molecule has 0 aliphatic rings. The zero-order valence-corrected chi connectivity index (χ0v) is 65.7. The number of hydrogen-bond donors (Lipinski definition) is 3. The maximum absolute atomic E-state index is 13.1. The molecule has 0 aliphatic heterocycles. The molecule has 0 bridgehead atoms. The molecule has 0 aromatic carbocycles. The van der Waals surface area contributed by atoms with Crippen molar-refractivity contribution >= 4 is 39.5 Å². The average Bonchev–Trinajstić information content (AvgIpc) is 1.12. The van der Waals surface area contributed by atoms with E-state index in [2.05, 4.69) is 34.6 Å². The van der Waals surface area contributed by atoms with Crippen LogP contribution in [-0.4, -0.2) is 96.7 Å². The second kappa shape index (κ2) is 72.0. The second-order valence-corrected chi connectivity index (χ2v) is 31.8. The third-order valence-electron chi connectivity index (χ3n) is 18.5. The fourth-order valence-electron chi connectivity index (χ4n) is 12.2. The lowest BCUT2D eigenvalue weighted by molar-refractivity contribution is -0.161. The van der Waals surface area contributed by atoms with E-state index in [4.69, 9.17) is 37.0 Å². The number of aliphatic hydroxyl groups is 1. The minimum Gasteiger partial charge on any atom is -0.462 e. The molecule has 2 unspecified atom stereocenters. The number of phosphoric acid groups is 2. The smallest absolute Gasteiger partial charge is 0.462 e. The zero-order chi connectivity index (χ0) is 71.9. The zero-order valence-electron chi connectivity index (χ0n) is 63.9. The highest BCUT2D eigenvalue weighted by Gasteiger charge is 2.30. The van der Waals surface area contributed by atoms with Crippen LogP contribution >= 0.6 is 15.6 Å². The molecule has 5 atom stereocenters. The first kappa shape index (κ1) is 96.1. The monoisotopic (exact) mass is 1440 g/mol. The molecule has 0 aromatic heterocycles. The Bertz CT molecular complexity index is 1870. The van der Waals surface area contributed by atoms with Crippen molar-refractivity contribution < 1.29 is 80.2 Å². The first-order valence-corrected chi connectivity index (χ1v) is 44.1. The summed E-state index contributed by atoms with van der Waals surface area (Å²) in [4.78, 5) is 72.8. The van der Waals surface area contributed by atoms with Gasteiger partial charge in [0, 0.05) is 25.7 Å². The van der Waals surface area contributed by atoms with Crippen molar-refractivity contribution in [1.82, 2.24) is 0 Å². The molecule has 0 rings (SSSR count). The first-order valence-electron chi connectivity index (χ1n) is 41.1. The van der Waals surface area contributed by atoms with Crippen LogP contribution in [0.4, 0.5) is 0 Å². The molecular formula is C79H154O17P2. The summed E-state index contributed by atoms with van der Waals surface area (Å²) in [6.07, 6.45) is 62.5. The highest BCUT2D eigenvalue weighted by Crippen LogP contribution is 2.45. The average molecular weight is 1440 g/mol. The summed E-state index contributed by atoms with van der Waals surface area (Å²) >= 11 is 0. The Kier molecular flexibility index (Phi) is 70.6. The number of carbonyl (C=O) groups excluding carboxylic acids is 4. The fourth-order valence-corrected chi connectivity index (χ4v) is 13.8. The van der Waals surface area contributed by atoms with Crippen LogP contribution in [0.2, 0.25) is 0 Å². The molecule has 0 saturated carbocycles. The molecule has 0 aliphatic carbocycles. The summed E-state index contributed by atoms with van der Waals surface area (Å²) in [5.41, 5.74) is 0. The molecule has 17 nitrogen and oxygen atoms in total. The van der Waals surface area contributed by atoms with E-state index in [1.807, 2.05) is 0 Å². The molecular weight excluding hydrogens is 1280 g/mol. The van der Waals surface area contributed by atoms with Gasteiger partial charge in [0.1, 0.15) is 19.3 Å². The van der Waals surface area contributed by atoms with Gasteiger partial charge in [0.15, 0.2) is 12.2 Å². The third-order valence-corrected chi connectivity index (χ3v) is 20.4. The van der Waals surface area contributed by atoms with Crippen LogP contribution in [0.1, 0.15) is 420 Å². The molecule has 98 heavy (non-hydrogen) atoms. The van der Waals surface area contributed by atoms with Crippen LogP contribution in [0.5, 0.6) is 0 Å². The lowest BCUT2D eigenvalue weighted by Crippen LogP contribution is -2.30. The molecule has 0 saturated heterocycles. The Labute approximate surface area is 600 Å². The van der Waals surface area contributed by atoms with Crippen molar-refractivity contribution in [3.8, 4) is 0 Å². The van der Waals surface area contributed by atoms with E-state index in [1.54, 1.807) is 0 Å². The molecule has 19 heteroatoms. The summed E-state index contributed by atoms with van der Waals surface area (Å²) in [7, 11) is -9.91. The lowest BCUT2D eigenvalue weighted by Gasteiger charge is -2.21. The second-order valence-electron chi connectivity index (χ2n) is 28.9. The molecule has 0 radical (unpaired) electrons. The quantitative estimate of drug-likeness (QED) is 0.0222. The number of ether oxygens (including phenoxy) is 4. The maximum atomic E-state index is 13.1. The number of esters is 4.